The Kier molecular flexibility index (Phi) is 7.65. The van der Waals surface area contributed by atoms with Crippen LogP contribution in [0.15, 0.2) is 217 Å². The van der Waals surface area contributed by atoms with Gasteiger partial charge in [0.05, 0.1) is 11.1 Å². The molecule has 2 unspecified atom stereocenters. The van der Waals surface area contributed by atoms with Gasteiger partial charge in [-0.3, -0.25) is 0 Å². The van der Waals surface area contributed by atoms with Crippen LogP contribution in [0, 0.1) is 5.92 Å². The molecule has 0 saturated carbocycles. The van der Waals surface area contributed by atoms with E-state index in [1.807, 2.05) is 12.1 Å². The predicted molar refractivity (Wildman–Crippen MR) is 249 cm³/mol. The summed E-state index contributed by atoms with van der Waals surface area (Å²) in [5.74, 6) is 0.812. The Morgan fingerprint density at radius 2 is 1.13 bits per heavy atom. The molecule has 3 aliphatic carbocycles. The Morgan fingerprint density at radius 3 is 1.93 bits per heavy atom. The van der Waals surface area contributed by atoms with Crippen molar-refractivity contribution in [3.8, 4) is 22.3 Å². The molecule has 2 atom stereocenters. The fourth-order valence-electron chi connectivity index (χ4n) is 11.1. The summed E-state index contributed by atoms with van der Waals surface area (Å²) in [6, 6.07) is 69.5. The summed E-state index contributed by atoms with van der Waals surface area (Å²) in [5.41, 5.74) is 17.6. The molecule has 1 aromatic heterocycles. The molecule has 2 heteroatoms. The minimum absolute atomic E-state index is 0.0241. The Balaban J connectivity index is 1.08. The number of benzene rings is 8. The highest BCUT2D eigenvalue weighted by Gasteiger charge is 2.48. The van der Waals surface area contributed by atoms with Crippen molar-refractivity contribution in [1.82, 2.24) is 0 Å². The number of nitrogens with zero attached hydrogens (tertiary/aromatic N) is 1. The Labute approximate surface area is 351 Å². The molecular formula is C58H43NO. The molecule has 0 radical (unpaired) electrons. The smallest absolute Gasteiger partial charge is 0.135 e. The van der Waals surface area contributed by atoms with Gasteiger partial charge >= 0.3 is 0 Å². The maximum Gasteiger partial charge on any atom is 0.135 e. The zero-order chi connectivity index (χ0) is 40.0. The monoisotopic (exact) mass is 769 g/mol. The van der Waals surface area contributed by atoms with Crippen molar-refractivity contribution in [2.45, 2.75) is 30.6 Å². The second kappa shape index (κ2) is 13.2. The van der Waals surface area contributed by atoms with Gasteiger partial charge in [-0.1, -0.05) is 178 Å². The first kappa shape index (κ1) is 34.8. The van der Waals surface area contributed by atoms with Crippen LogP contribution in [0.2, 0.25) is 0 Å². The molecule has 9 aromatic rings. The summed E-state index contributed by atoms with van der Waals surface area (Å²) in [6.07, 6.45) is 9.26. The van der Waals surface area contributed by atoms with Crippen LogP contribution < -0.4 is 4.90 Å². The molecule has 8 aromatic carbocycles. The quantitative estimate of drug-likeness (QED) is 0.167. The van der Waals surface area contributed by atoms with E-state index in [0.717, 1.165) is 33.3 Å². The van der Waals surface area contributed by atoms with Crippen LogP contribution in [-0.2, 0) is 10.8 Å². The number of furan rings is 1. The molecule has 0 N–H and O–H groups in total. The van der Waals surface area contributed by atoms with Crippen molar-refractivity contribution >= 4 is 39.0 Å². The lowest BCUT2D eigenvalue weighted by molar-refractivity contribution is 0.394. The molecule has 0 bridgehead atoms. The van der Waals surface area contributed by atoms with Crippen molar-refractivity contribution in [2.75, 3.05) is 4.90 Å². The zero-order valence-corrected chi connectivity index (χ0v) is 33.7. The minimum Gasteiger partial charge on any atom is -0.456 e. The lowest BCUT2D eigenvalue weighted by Gasteiger charge is -2.34. The fourth-order valence-corrected chi connectivity index (χ4v) is 11.1. The lowest BCUT2D eigenvalue weighted by atomic mass is 9.68. The first-order valence-corrected chi connectivity index (χ1v) is 21.2. The van der Waals surface area contributed by atoms with Crippen molar-refractivity contribution in [2.24, 2.45) is 5.92 Å². The van der Waals surface area contributed by atoms with Gasteiger partial charge in [-0.25, -0.2) is 0 Å². The molecular weight excluding hydrogens is 727 g/mol. The normalized spacial score (nSPS) is 17.6. The van der Waals surface area contributed by atoms with Crippen molar-refractivity contribution in [1.29, 1.82) is 0 Å². The first-order chi connectivity index (χ1) is 29.5. The fraction of sp³-hybridized carbons (Fsp3) is 0.103. The Hall–Kier alpha value is -7.16. The third-order valence-electron chi connectivity index (χ3n) is 13.9. The molecule has 0 saturated heterocycles. The summed E-state index contributed by atoms with van der Waals surface area (Å²) < 4.78 is 6.19. The highest BCUT2D eigenvalue weighted by Crippen LogP contribution is 2.60. The van der Waals surface area contributed by atoms with Gasteiger partial charge in [0.25, 0.3) is 0 Å². The number of anilines is 3. The molecule has 286 valence electrons. The van der Waals surface area contributed by atoms with Crippen LogP contribution in [0.4, 0.5) is 17.1 Å². The second-order valence-corrected chi connectivity index (χ2v) is 17.2. The van der Waals surface area contributed by atoms with E-state index in [-0.39, 0.29) is 5.41 Å². The average Bonchev–Trinajstić information content (AvgIpc) is 3.91. The van der Waals surface area contributed by atoms with Gasteiger partial charge in [-0.15, -0.1) is 0 Å². The molecule has 60 heavy (non-hydrogen) atoms. The number of fused-ring (bicyclic) bond motifs is 9. The van der Waals surface area contributed by atoms with E-state index in [2.05, 4.69) is 219 Å². The molecule has 1 heterocycles. The highest BCUT2D eigenvalue weighted by molar-refractivity contribution is 6.06. The molecule has 2 nitrogen and oxygen atoms in total. The summed E-state index contributed by atoms with van der Waals surface area (Å²) in [5, 5.41) is 2.28. The van der Waals surface area contributed by atoms with Crippen LogP contribution in [0.1, 0.15) is 53.1 Å². The topological polar surface area (TPSA) is 16.4 Å². The third kappa shape index (κ3) is 4.94. The summed E-state index contributed by atoms with van der Waals surface area (Å²) >= 11 is 0. The Bertz CT molecular complexity index is 3150. The van der Waals surface area contributed by atoms with E-state index in [1.165, 1.54) is 61.3 Å². The number of hydrogen-bond donors (Lipinski definition) is 0. The highest BCUT2D eigenvalue weighted by atomic mass is 16.3. The third-order valence-corrected chi connectivity index (χ3v) is 13.9. The average molecular weight is 770 g/mol. The van der Waals surface area contributed by atoms with E-state index in [1.54, 1.807) is 0 Å². The van der Waals surface area contributed by atoms with Gasteiger partial charge in [0.1, 0.15) is 11.2 Å². The maximum absolute atomic E-state index is 6.19. The van der Waals surface area contributed by atoms with E-state index < -0.39 is 5.41 Å². The van der Waals surface area contributed by atoms with Gasteiger partial charge < -0.3 is 9.32 Å². The van der Waals surface area contributed by atoms with E-state index in [0.29, 0.717) is 11.8 Å². The zero-order valence-electron chi connectivity index (χ0n) is 33.7. The van der Waals surface area contributed by atoms with Crippen LogP contribution >= 0.6 is 0 Å². The van der Waals surface area contributed by atoms with E-state index >= 15 is 0 Å². The van der Waals surface area contributed by atoms with Gasteiger partial charge in [-0.05, 0) is 110 Å². The van der Waals surface area contributed by atoms with Crippen molar-refractivity contribution < 1.29 is 4.42 Å². The molecule has 12 rings (SSSR count). The van der Waals surface area contributed by atoms with Crippen molar-refractivity contribution in [3.05, 3.63) is 246 Å². The molecule has 0 fully saturated rings. The predicted octanol–water partition coefficient (Wildman–Crippen LogP) is 15.2. The largest absolute Gasteiger partial charge is 0.456 e. The molecule has 0 spiro atoms. The lowest BCUT2D eigenvalue weighted by Crippen LogP contribution is -2.28. The van der Waals surface area contributed by atoms with Crippen LogP contribution in [-0.4, -0.2) is 0 Å². The van der Waals surface area contributed by atoms with Gasteiger partial charge in [-0.2, -0.15) is 0 Å². The second-order valence-electron chi connectivity index (χ2n) is 17.2. The minimum atomic E-state index is -0.496. The Morgan fingerprint density at radius 1 is 0.483 bits per heavy atom. The van der Waals surface area contributed by atoms with Gasteiger partial charge in [0, 0.05) is 33.6 Å². The first-order valence-electron chi connectivity index (χ1n) is 21.2. The number of rotatable bonds is 6. The number of hydrogen-bond acceptors (Lipinski definition) is 2. The molecule has 0 aliphatic heterocycles. The van der Waals surface area contributed by atoms with Crippen LogP contribution in [0.25, 0.3) is 44.2 Å². The van der Waals surface area contributed by atoms with E-state index in [9.17, 15) is 0 Å². The standard InChI is InChI=1S/C58H43NO/c1-57(2)49-23-12-9-20-44(49)45-34-33-43(37-52(45)57)59(42-31-28-38(29-32-42)39-30-35-55-48(36-39)46-21-11-14-27-54(46)60-55)53-26-15-25-51-56(53)47-22-10-13-24-50(47)58(51,40-16-5-3-6-17-40)41-18-7-4-8-19-41/h3-37,44,49H,1-2H3. The maximum atomic E-state index is 6.19. The van der Waals surface area contributed by atoms with Gasteiger partial charge in [0.2, 0.25) is 0 Å². The molecule has 0 amide bonds. The number of allylic oxidation sites excluding steroid dienone is 4. The van der Waals surface area contributed by atoms with Gasteiger partial charge in [0.15, 0.2) is 0 Å². The number of para-hydroxylation sites is 1. The SMILES string of the molecule is CC1(C)c2cc(N(c3ccc(-c4ccc5oc6ccccc6c5c4)cc3)c3cccc4c3-c3ccccc3C4(c3ccccc3)c3ccccc3)ccc2C2C=CC=CC21. The van der Waals surface area contributed by atoms with Crippen LogP contribution in [0.3, 0.4) is 0 Å². The van der Waals surface area contributed by atoms with Crippen LogP contribution in [0.5, 0.6) is 0 Å². The van der Waals surface area contributed by atoms with E-state index in [4.69, 9.17) is 4.42 Å². The summed E-state index contributed by atoms with van der Waals surface area (Å²) in [7, 11) is 0. The van der Waals surface area contributed by atoms with Crippen molar-refractivity contribution in [3.63, 3.8) is 0 Å². The summed E-state index contributed by atoms with van der Waals surface area (Å²) in [6.45, 7) is 4.85. The summed E-state index contributed by atoms with van der Waals surface area (Å²) in [4.78, 5) is 2.52. The molecule has 3 aliphatic rings.